The lowest BCUT2D eigenvalue weighted by Gasteiger charge is -2.32. The second-order valence-corrected chi connectivity index (χ2v) is 9.88. The van der Waals surface area contributed by atoms with E-state index in [1.54, 1.807) is 30.9 Å². The number of Topliss-reactive ketones (excluding diaryl/α,β-unsaturated/α-hetero) is 1. The van der Waals surface area contributed by atoms with E-state index in [-0.39, 0.29) is 17.8 Å². The molecule has 1 aromatic carbocycles. The maximum absolute atomic E-state index is 13.2. The first-order valence-electron chi connectivity index (χ1n) is 11.3. The Morgan fingerprint density at radius 3 is 2.61 bits per heavy atom. The van der Waals surface area contributed by atoms with Crippen LogP contribution in [-0.4, -0.2) is 52.3 Å². The lowest BCUT2D eigenvalue weighted by Crippen LogP contribution is -2.45. The Labute approximate surface area is 197 Å². The van der Waals surface area contributed by atoms with Gasteiger partial charge in [-0.1, -0.05) is 42.0 Å². The normalized spacial score (nSPS) is 19.6. The minimum Gasteiger partial charge on any atom is -0.331 e. The van der Waals surface area contributed by atoms with Gasteiger partial charge in [0.05, 0.1) is 6.54 Å². The number of benzene rings is 1. The quantitative estimate of drug-likeness (QED) is 0.453. The van der Waals surface area contributed by atoms with E-state index in [4.69, 9.17) is 0 Å². The number of carbonyl (C=O) groups is 1. The predicted molar refractivity (Wildman–Crippen MR) is 134 cm³/mol. The fourth-order valence-electron chi connectivity index (χ4n) is 4.33. The number of aromatic amines is 1. The molecule has 0 bridgehead atoms. The van der Waals surface area contributed by atoms with Gasteiger partial charge in [-0.15, -0.1) is 11.8 Å². The number of hydrogen-bond donors (Lipinski definition) is 2. The van der Waals surface area contributed by atoms with Gasteiger partial charge in [0, 0.05) is 31.0 Å². The molecule has 176 valence electrons. The molecule has 0 amide bonds. The van der Waals surface area contributed by atoms with Gasteiger partial charge in [0.2, 0.25) is 0 Å². The van der Waals surface area contributed by atoms with Gasteiger partial charge in [-0.05, 0) is 33.2 Å². The summed E-state index contributed by atoms with van der Waals surface area (Å²) in [4.78, 5) is 45.0. The highest BCUT2D eigenvalue weighted by molar-refractivity contribution is 8.00. The van der Waals surface area contributed by atoms with E-state index in [9.17, 15) is 14.4 Å². The summed E-state index contributed by atoms with van der Waals surface area (Å²) < 4.78 is 1.44. The highest BCUT2D eigenvalue weighted by Gasteiger charge is 2.41. The zero-order chi connectivity index (χ0) is 23.5. The summed E-state index contributed by atoms with van der Waals surface area (Å²) in [7, 11) is 1.64. The molecule has 4 rings (SSSR count). The second kappa shape index (κ2) is 10.0. The Morgan fingerprint density at radius 2 is 1.94 bits per heavy atom. The van der Waals surface area contributed by atoms with Crippen molar-refractivity contribution in [2.24, 2.45) is 7.05 Å². The number of anilines is 2. The number of thioether (sulfide) groups is 1. The Balaban J connectivity index is 1.75. The Morgan fingerprint density at radius 1 is 1.18 bits per heavy atom. The van der Waals surface area contributed by atoms with Crippen LogP contribution in [-0.2, 0) is 7.05 Å². The summed E-state index contributed by atoms with van der Waals surface area (Å²) >= 11 is 1.71. The van der Waals surface area contributed by atoms with Gasteiger partial charge in [-0.3, -0.25) is 19.1 Å². The van der Waals surface area contributed by atoms with Crippen LogP contribution < -0.4 is 26.4 Å². The van der Waals surface area contributed by atoms with E-state index in [1.165, 1.54) is 4.57 Å². The first kappa shape index (κ1) is 23.4. The van der Waals surface area contributed by atoms with Crippen LogP contribution >= 0.6 is 11.8 Å². The van der Waals surface area contributed by atoms with Crippen molar-refractivity contribution in [3.63, 3.8) is 0 Å². The Hall–Kier alpha value is -2.78. The van der Waals surface area contributed by atoms with Gasteiger partial charge < -0.3 is 15.1 Å². The molecule has 1 fully saturated rings. The summed E-state index contributed by atoms with van der Waals surface area (Å²) in [5, 5.41) is 3.52. The highest BCUT2D eigenvalue weighted by atomic mass is 32.2. The molecule has 8 nitrogen and oxygen atoms in total. The van der Waals surface area contributed by atoms with Gasteiger partial charge in [-0.2, -0.15) is 0 Å². The molecule has 0 aliphatic carbocycles. The molecule has 2 aromatic rings. The summed E-state index contributed by atoms with van der Waals surface area (Å²) in [6.07, 6.45) is 4.34. The molecule has 2 N–H and O–H groups in total. The SMILES string of the molecule is CC(C)=CCN1c2c(n(C)c(=O)[nH]c2=O)N(CC(=O)c2ccccc2)C1SCC1CCCN1. The number of carbonyl (C=O) groups excluding carboxylic acids is 1. The van der Waals surface area contributed by atoms with Crippen molar-refractivity contribution in [3.8, 4) is 0 Å². The number of hydrogen-bond acceptors (Lipinski definition) is 7. The van der Waals surface area contributed by atoms with Gasteiger partial charge in [0.15, 0.2) is 11.3 Å². The summed E-state index contributed by atoms with van der Waals surface area (Å²) in [5.41, 5.74) is 0.999. The summed E-state index contributed by atoms with van der Waals surface area (Å²) in [5.74, 6) is 1.29. The Kier molecular flexibility index (Phi) is 7.09. The topological polar surface area (TPSA) is 90.4 Å². The lowest BCUT2D eigenvalue weighted by molar-refractivity contribution is 0.0998. The van der Waals surface area contributed by atoms with E-state index in [0.29, 0.717) is 29.7 Å². The van der Waals surface area contributed by atoms with E-state index in [1.807, 2.05) is 41.8 Å². The van der Waals surface area contributed by atoms with Crippen molar-refractivity contribution in [3.05, 3.63) is 68.4 Å². The van der Waals surface area contributed by atoms with Crippen LogP contribution in [0.15, 0.2) is 51.6 Å². The first-order chi connectivity index (χ1) is 15.9. The van der Waals surface area contributed by atoms with Crippen molar-refractivity contribution in [1.82, 2.24) is 14.9 Å². The third kappa shape index (κ3) is 4.94. The average molecular weight is 470 g/mol. The van der Waals surface area contributed by atoms with E-state index >= 15 is 0 Å². The zero-order valence-electron chi connectivity index (χ0n) is 19.3. The molecule has 2 atom stereocenters. The van der Waals surface area contributed by atoms with Gasteiger partial charge in [0.25, 0.3) is 5.56 Å². The van der Waals surface area contributed by atoms with Crippen LogP contribution in [0.2, 0.25) is 0 Å². The monoisotopic (exact) mass is 469 g/mol. The maximum atomic E-state index is 13.2. The van der Waals surface area contributed by atoms with E-state index in [0.717, 1.165) is 30.7 Å². The summed E-state index contributed by atoms with van der Waals surface area (Å²) in [6.45, 7) is 5.64. The molecular formula is C24H31N5O3S. The van der Waals surface area contributed by atoms with Crippen LogP contribution in [0.5, 0.6) is 0 Å². The molecule has 2 unspecified atom stereocenters. The van der Waals surface area contributed by atoms with Crippen molar-refractivity contribution in [2.75, 3.05) is 35.2 Å². The minimum absolute atomic E-state index is 0.0528. The van der Waals surface area contributed by atoms with Crippen LogP contribution in [0.3, 0.4) is 0 Å². The van der Waals surface area contributed by atoms with Crippen LogP contribution in [0.1, 0.15) is 37.0 Å². The molecule has 1 aromatic heterocycles. The summed E-state index contributed by atoms with van der Waals surface area (Å²) in [6, 6.07) is 9.54. The molecule has 0 spiro atoms. The standard InChI is InChI=1S/C24H31N5O3S/c1-16(2)11-13-28-20-21(31)26-23(32)27(3)22(20)29(14-19(30)17-8-5-4-6-9-17)24(28)33-15-18-10-7-12-25-18/h4-6,8-9,11,18,24-25H,7,10,12-15H2,1-3H3,(H,26,31,32). The number of aromatic nitrogens is 2. The Bertz CT molecular complexity index is 1150. The van der Waals surface area contributed by atoms with Crippen LogP contribution in [0, 0.1) is 0 Å². The number of H-pyrrole nitrogens is 1. The molecule has 9 heteroatoms. The molecule has 33 heavy (non-hydrogen) atoms. The van der Waals surface area contributed by atoms with E-state index in [2.05, 4.69) is 16.4 Å². The fourth-order valence-corrected chi connectivity index (χ4v) is 5.75. The van der Waals surface area contributed by atoms with Gasteiger partial charge >= 0.3 is 5.69 Å². The van der Waals surface area contributed by atoms with Crippen LogP contribution in [0.4, 0.5) is 11.5 Å². The lowest BCUT2D eigenvalue weighted by atomic mass is 10.1. The molecular weight excluding hydrogens is 438 g/mol. The highest BCUT2D eigenvalue weighted by Crippen LogP contribution is 2.40. The fraction of sp³-hybridized carbons (Fsp3) is 0.458. The number of rotatable bonds is 8. The van der Waals surface area contributed by atoms with Gasteiger partial charge in [0.1, 0.15) is 11.5 Å². The third-order valence-corrected chi connectivity index (χ3v) is 7.48. The number of allylic oxidation sites excluding steroid dienone is 1. The first-order valence-corrected chi connectivity index (χ1v) is 12.3. The molecule has 3 heterocycles. The van der Waals surface area contributed by atoms with Crippen molar-refractivity contribution < 1.29 is 4.79 Å². The van der Waals surface area contributed by atoms with E-state index < -0.39 is 11.2 Å². The maximum Gasteiger partial charge on any atom is 0.329 e. The molecule has 1 saturated heterocycles. The minimum atomic E-state index is -0.485. The largest absolute Gasteiger partial charge is 0.331 e. The van der Waals surface area contributed by atoms with Crippen molar-refractivity contribution >= 4 is 29.1 Å². The number of ketones is 1. The number of fused-ring (bicyclic) bond motifs is 1. The third-order valence-electron chi connectivity index (χ3n) is 6.08. The molecule has 0 radical (unpaired) electrons. The molecule has 2 aliphatic heterocycles. The number of nitrogens with one attached hydrogen (secondary N) is 2. The van der Waals surface area contributed by atoms with Crippen molar-refractivity contribution in [2.45, 2.75) is 38.2 Å². The second-order valence-electron chi connectivity index (χ2n) is 8.79. The smallest absolute Gasteiger partial charge is 0.329 e. The van der Waals surface area contributed by atoms with Crippen molar-refractivity contribution in [1.29, 1.82) is 0 Å². The van der Waals surface area contributed by atoms with Crippen LogP contribution in [0.25, 0.3) is 0 Å². The van der Waals surface area contributed by atoms with Gasteiger partial charge in [-0.25, -0.2) is 4.79 Å². The molecule has 2 aliphatic rings. The zero-order valence-corrected chi connectivity index (χ0v) is 20.2. The average Bonchev–Trinajstić information content (AvgIpc) is 3.41. The predicted octanol–water partition coefficient (Wildman–Crippen LogP) is 2.32. The number of nitrogens with zero attached hydrogens (tertiary/aromatic N) is 3. The molecule has 0 saturated carbocycles.